The van der Waals surface area contributed by atoms with Gasteiger partial charge in [0, 0.05) is 24.0 Å². The van der Waals surface area contributed by atoms with Crippen molar-refractivity contribution in [2.24, 2.45) is 5.92 Å². The molecule has 2 aromatic rings. The minimum atomic E-state index is -1.11. The third kappa shape index (κ3) is 3.82. The van der Waals surface area contributed by atoms with Gasteiger partial charge in [0.25, 0.3) is 11.6 Å². The van der Waals surface area contributed by atoms with E-state index >= 15 is 0 Å². The zero-order valence-corrected chi connectivity index (χ0v) is 13.2. The topological polar surface area (TPSA) is 127 Å². The number of carboxylic acids is 1. The van der Waals surface area contributed by atoms with E-state index in [2.05, 4.69) is 10.3 Å². The molecule has 9 nitrogen and oxygen atoms in total. The highest BCUT2D eigenvalue weighted by Gasteiger charge is 2.30. The molecule has 0 aliphatic heterocycles. The maximum Gasteiger partial charge on any atom is 0.326 e. The maximum atomic E-state index is 12.3. The summed E-state index contributed by atoms with van der Waals surface area (Å²) in [7, 11) is 0. The van der Waals surface area contributed by atoms with E-state index in [9.17, 15) is 24.8 Å². The predicted octanol–water partition coefficient (Wildman–Crippen LogP) is 1.76. The average Bonchev–Trinajstić information content (AvgIpc) is 3.23. The van der Waals surface area contributed by atoms with Gasteiger partial charge in [-0.25, -0.2) is 9.78 Å². The number of rotatable bonds is 7. The lowest BCUT2D eigenvalue weighted by molar-refractivity contribution is -0.384. The minimum absolute atomic E-state index is 0.0395. The van der Waals surface area contributed by atoms with Gasteiger partial charge in [0.05, 0.1) is 11.3 Å². The fraction of sp³-hybridized carbons (Fsp3) is 0.312. The van der Waals surface area contributed by atoms with Crippen LogP contribution < -0.4 is 5.32 Å². The second kappa shape index (κ2) is 6.71. The van der Waals surface area contributed by atoms with Crippen LogP contribution in [-0.2, 0) is 4.79 Å². The van der Waals surface area contributed by atoms with Gasteiger partial charge in [0.15, 0.2) is 0 Å². The number of imidazole rings is 1. The standard InChI is InChI=1S/C16H16N4O5/c21-15(18-12(16(22)23)7-10-1-2-10)11-3-4-13(14(8-11)20(24)25)19-6-5-17-9-19/h3-6,8-10,12H,1-2,7H2,(H,18,21)(H,22,23). The van der Waals surface area contributed by atoms with Crippen LogP contribution in [0, 0.1) is 16.0 Å². The third-order valence-electron chi connectivity index (χ3n) is 4.09. The van der Waals surface area contributed by atoms with E-state index in [-0.39, 0.29) is 16.9 Å². The fourth-order valence-electron chi connectivity index (χ4n) is 2.58. The maximum absolute atomic E-state index is 12.3. The molecule has 1 aromatic heterocycles. The molecule has 1 aromatic carbocycles. The first-order valence-corrected chi connectivity index (χ1v) is 7.76. The highest BCUT2D eigenvalue weighted by Crippen LogP contribution is 2.33. The Kier molecular flexibility index (Phi) is 4.46. The van der Waals surface area contributed by atoms with Crippen molar-refractivity contribution in [3.05, 3.63) is 52.6 Å². The van der Waals surface area contributed by atoms with Gasteiger partial charge >= 0.3 is 5.97 Å². The number of amides is 1. The molecule has 3 rings (SSSR count). The number of carbonyl (C=O) groups is 2. The molecule has 1 fully saturated rings. The number of benzene rings is 1. The quantitative estimate of drug-likeness (QED) is 0.582. The molecule has 9 heteroatoms. The van der Waals surface area contributed by atoms with Crippen LogP contribution >= 0.6 is 0 Å². The number of carbonyl (C=O) groups excluding carboxylic acids is 1. The van der Waals surface area contributed by atoms with Crippen LogP contribution in [0.25, 0.3) is 5.69 Å². The molecule has 1 saturated carbocycles. The van der Waals surface area contributed by atoms with E-state index < -0.39 is 22.8 Å². The molecule has 0 radical (unpaired) electrons. The van der Waals surface area contributed by atoms with Gasteiger partial charge in [-0.15, -0.1) is 0 Å². The molecule has 1 aliphatic rings. The molecule has 1 atom stereocenters. The highest BCUT2D eigenvalue weighted by atomic mass is 16.6. The van der Waals surface area contributed by atoms with Crippen molar-refractivity contribution in [3.63, 3.8) is 0 Å². The zero-order valence-electron chi connectivity index (χ0n) is 13.2. The van der Waals surface area contributed by atoms with E-state index in [4.69, 9.17) is 0 Å². The third-order valence-corrected chi connectivity index (χ3v) is 4.09. The van der Waals surface area contributed by atoms with Crippen LogP contribution in [0.2, 0.25) is 0 Å². The summed E-state index contributed by atoms with van der Waals surface area (Å²) in [5, 5.41) is 23.0. The van der Waals surface area contributed by atoms with Gasteiger partial charge < -0.3 is 15.0 Å². The lowest BCUT2D eigenvalue weighted by Gasteiger charge is -2.14. The Labute approximate surface area is 142 Å². The summed E-state index contributed by atoms with van der Waals surface area (Å²) in [6, 6.07) is 3.01. The summed E-state index contributed by atoms with van der Waals surface area (Å²) in [4.78, 5) is 38.2. The van der Waals surface area contributed by atoms with Crippen molar-refractivity contribution in [1.82, 2.24) is 14.9 Å². The number of hydrogen-bond acceptors (Lipinski definition) is 5. The Balaban J connectivity index is 1.83. The number of nitrogens with one attached hydrogen (secondary N) is 1. The number of nitrogens with zero attached hydrogens (tertiary/aromatic N) is 3. The Morgan fingerprint density at radius 1 is 1.44 bits per heavy atom. The molecule has 1 heterocycles. The van der Waals surface area contributed by atoms with Crippen molar-refractivity contribution in [3.8, 4) is 5.69 Å². The van der Waals surface area contributed by atoms with E-state index in [1.165, 1.54) is 29.2 Å². The summed E-state index contributed by atoms with van der Waals surface area (Å²) in [6.07, 6.45) is 6.75. The van der Waals surface area contributed by atoms with Crippen molar-refractivity contribution in [2.75, 3.05) is 0 Å². The highest BCUT2D eigenvalue weighted by molar-refractivity contribution is 5.97. The molecule has 0 bridgehead atoms. The van der Waals surface area contributed by atoms with Gasteiger partial charge in [-0.1, -0.05) is 12.8 Å². The molecule has 130 valence electrons. The van der Waals surface area contributed by atoms with Gasteiger partial charge in [-0.3, -0.25) is 14.9 Å². The number of aliphatic carboxylic acids is 1. The van der Waals surface area contributed by atoms with Crippen LogP contribution in [0.4, 0.5) is 5.69 Å². The predicted molar refractivity (Wildman–Crippen MR) is 86.4 cm³/mol. The van der Waals surface area contributed by atoms with Crippen LogP contribution in [0.15, 0.2) is 36.9 Å². The number of aromatic nitrogens is 2. The molecule has 1 aliphatic carbocycles. The Hall–Kier alpha value is -3.23. The Morgan fingerprint density at radius 3 is 2.76 bits per heavy atom. The second-order valence-corrected chi connectivity index (χ2v) is 5.97. The monoisotopic (exact) mass is 344 g/mol. The van der Waals surface area contributed by atoms with Gasteiger partial charge in [-0.2, -0.15) is 0 Å². The number of nitro benzene ring substituents is 1. The largest absolute Gasteiger partial charge is 0.480 e. The SMILES string of the molecule is O=C(NC(CC1CC1)C(=O)O)c1ccc(-n2ccnc2)c([N+](=O)[O-])c1. The Morgan fingerprint density at radius 2 is 2.20 bits per heavy atom. The lowest BCUT2D eigenvalue weighted by Crippen LogP contribution is -2.41. The molecular weight excluding hydrogens is 328 g/mol. The number of nitro groups is 1. The molecule has 1 amide bonds. The van der Waals surface area contributed by atoms with Crippen molar-refractivity contribution < 1.29 is 19.6 Å². The number of carboxylic acid groups (broad SMARTS) is 1. The van der Waals surface area contributed by atoms with Crippen LogP contribution in [0.3, 0.4) is 0 Å². The van der Waals surface area contributed by atoms with E-state index in [0.717, 1.165) is 18.9 Å². The summed E-state index contributed by atoms with van der Waals surface area (Å²) in [5.74, 6) is -1.43. The molecular formula is C16H16N4O5. The summed E-state index contributed by atoms with van der Waals surface area (Å²) >= 11 is 0. The molecule has 25 heavy (non-hydrogen) atoms. The van der Waals surface area contributed by atoms with Gasteiger partial charge in [0.1, 0.15) is 11.7 Å². The van der Waals surface area contributed by atoms with Crippen LogP contribution in [0.5, 0.6) is 0 Å². The normalized spacial score (nSPS) is 14.7. The lowest BCUT2D eigenvalue weighted by atomic mass is 10.1. The van der Waals surface area contributed by atoms with Gasteiger partial charge in [0.2, 0.25) is 0 Å². The first kappa shape index (κ1) is 16.6. The number of hydrogen-bond donors (Lipinski definition) is 2. The first-order valence-electron chi connectivity index (χ1n) is 7.76. The van der Waals surface area contributed by atoms with E-state index in [1.54, 1.807) is 6.20 Å². The van der Waals surface area contributed by atoms with Crippen molar-refractivity contribution >= 4 is 17.6 Å². The summed E-state index contributed by atoms with van der Waals surface area (Å²) < 4.78 is 1.47. The summed E-state index contributed by atoms with van der Waals surface area (Å²) in [5.41, 5.74) is 0.0455. The average molecular weight is 344 g/mol. The summed E-state index contributed by atoms with van der Waals surface area (Å²) in [6.45, 7) is 0. The Bertz CT molecular complexity index is 814. The van der Waals surface area contributed by atoms with E-state index in [0.29, 0.717) is 12.3 Å². The minimum Gasteiger partial charge on any atom is -0.480 e. The zero-order chi connectivity index (χ0) is 18.0. The van der Waals surface area contributed by atoms with Crippen molar-refractivity contribution in [2.45, 2.75) is 25.3 Å². The van der Waals surface area contributed by atoms with Crippen molar-refractivity contribution in [1.29, 1.82) is 0 Å². The molecule has 1 unspecified atom stereocenters. The second-order valence-electron chi connectivity index (χ2n) is 5.97. The van der Waals surface area contributed by atoms with Crippen LogP contribution in [-0.4, -0.2) is 37.5 Å². The smallest absolute Gasteiger partial charge is 0.326 e. The molecule has 0 saturated heterocycles. The molecule has 2 N–H and O–H groups in total. The van der Waals surface area contributed by atoms with E-state index in [1.807, 2.05) is 0 Å². The first-order chi connectivity index (χ1) is 12.0. The fourth-order valence-corrected chi connectivity index (χ4v) is 2.58. The molecule has 0 spiro atoms. The van der Waals surface area contributed by atoms with Crippen LogP contribution in [0.1, 0.15) is 29.6 Å². The van der Waals surface area contributed by atoms with Gasteiger partial charge in [-0.05, 0) is 24.5 Å².